The van der Waals surface area contributed by atoms with Crippen molar-refractivity contribution in [1.82, 2.24) is 10.2 Å². The van der Waals surface area contributed by atoms with Crippen LogP contribution in [-0.4, -0.2) is 15.4 Å². The molecule has 0 atom stereocenters. The maximum atomic E-state index is 3.97. The first kappa shape index (κ1) is 6.61. The summed E-state index contributed by atoms with van der Waals surface area (Å²) in [5.74, 6) is 0. The monoisotopic (exact) mass is 172 g/mol. The molecule has 0 saturated heterocycles. The third-order valence-electron chi connectivity index (χ3n) is 1.66. The van der Waals surface area contributed by atoms with Crippen LogP contribution in [0.2, 0.25) is 0 Å². The van der Waals surface area contributed by atoms with E-state index in [1.807, 2.05) is 11.8 Å². The van der Waals surface area contributed by atoms with E-state index in [0.717, 1.165) is 9.59 Å². The van der Waals surface area contributed by atoms with Crippen molar-refractivity contribution in [3.8, 4) is 0 Å². The van der Waals surface area contributed by atoms with Crippen molar-refractivity contribution in [3.63, 3.8) is 0 Å². The summed E-state index contributed by atoms with van der Waals surface area (Å²) in [7, 11) is 0. The Balaban J connectivity index is 1.90. The van der Waals surface area contributed by atoms with Crippen LogP contribution in [0.1, 0.15) is 19.3 Å². The number of aromatic nitrogens is 2. The molecule has 0 radical (unpaired) electrons. The van der Waals surface area contributed by atoms with Crippen LogP contribution in [0.5, 0.6) is 0 Å². The van der Waals surface area contributed by atoms with E-state index in [-0.39, 0.29) is 0 Å². The zero-order valence-corrected chi connectivity index (χ0v) is 7.12. The molecule has 10 heavy (non-hydrogen) atoms. The molecule has 1 aliphatic carbocycles. The molecular formula is C6H8N2S2. The third kappa shape index (κ3) is 1.32. The Bertz CT molecular complexity index is 194. The highest BCUT2D eigenvalue weighted by molar-refractivity contribution is 8.01. The minimum Gasteiger partial charge on any atom is -0.146 e. The van der Waals surface area contributed by atoms with E-state index in [4.69, 9.17) is 0 Å². The van der Waals surface area contributed by atoms with E-state index < -0.39 is 0 Å². The highest BCUT2D eigenvalue weighted by atomic mass is 32.2. The topological polar surface area (TPSA) is 25.8 Å². The molecule has 2 rings (SSSR count). The molecule has 1 saturated carbocycles. The Labute approximate surface area is 68.1 Å². The van der Waals surface area contributed by atoms with Crippen LogP contribution < -0.4 is 0 Å². The first-order valence-electron chi connectivity index (χ1n) is 3.38. The normalized spacial score (nSPS) is 18.8. The Morgan fingerprint density at radius 3 is 3.00 bits per heavy atom. The van der Waals surface area contributed by atoms with Gasteiger partial charge in [0.25, 0.3) is 0 Å². The molecule has 0 aliphatic heterocycles. The van der Waals surface area contributed by atoms with E-state index in [2.05, 4.69) is 10.2 Å². The van der Waals surface area contributed by atoms with Gasteiger partial charge in [-0.15, -0.1) is 10.2 Å². The van der Waals surface area contributed by atoms with Crippen LogP contribution in [-0.2, 0) is 0 Å². The maximum Gasteiger partial charge on any atom is 0.174 e. The van der Waals surface area contributed by atoms with Gasteiger partial charge in [-0.25, -0.2) is 0 Å². The highest BCUT2D eigenvalue weighted by Gasteiger charge is 2.19. The van der Waals surface area contributed by atoms with Gasteiger partial charge in [0.15, 0.2) is 4.34 Å². The van der Waals surface area contributed by atoms with Crippen LogP contribution in [0.15, 0.2) is 9.85 Å². The van der Waals surface area contributed by atoms with Crippen molar-refractivity contribution >= 4 is 23.1 Å². The van der Waals surface area contributed by atoms with E-state index in [1.54, 1.807) is 16.8 Å². The third-order valence-corrected chi connectivity index (χ3v) is 3.81. The van der Waals surface area contributed by atoms with Gasteiger partial charge < -0.3 is 0 Å². The maximum absolute atomic E-state index is 3.97. The smallest absolute Gasteiger partial charge is 0.146 e. The summed E-state index contributed by atoms with van der Waals surface area (Å²) in [5.41, 5.74) is 1.79. The Kier molecular flexibility index (Phi) is 1.90. The number of hydrogen-bond donors (Lipinski definition) is 0. The lowest BCUT2D eigenvalue weighted by molar-refractivity contribution is 0.522. The first-order valence-corrected chi connectivity index (χ1v) is 5.14. The molecule has 1 aromatic heterocycles. The molecule has 0 spiro atoms. The minimum absolute atomic E-state index is 0.841. The predicted octanol–water partition coefficient (Wildman–Crippen LogP) is 2.18. The fraction of sp³-hybridized carbons (Fsp3) is 0.667. The van der Waals surface area contributed by atoms with Crippen molar-refractivity contribution in [2.45, 2.75) is 28.9 Å². The summed E-state index contributed by atoms with van der Waals surface area (Å²) in [4.78, 5) is 0. The summed E-state index contributed by atoms with van der Waals surface area (Å²) in [6.45, 7) is 0. The molecule has 1 heterocycles. The summed E-state index contributed by atoms with van der Waals surface area (Å²) >= 11 is 3.52. The van der Waals surface area contributed by atoms with Crippen molar-refractivity contribution in [2.75, 3.05) is 0 Å². The van der Waals surface area contributed by atoms with Gasteiger partial charge in [-0.05, 0) is 12.8 Å². The van der Waals surface area contributed by atoms with Crippen LogP contribution in [0, 0.1) is 0 Å². The summed E-state index contributed by atoms with van der Waals surface area (Å²) in [6.07, 6.45) is 4.13. The van der Waals surface area contributed by atoms with Gasteiger partial charge in [-0.2, -0.15) is 0 Å². The lowest BCUT2D eigenvalue weighted by atomic mass is 10.0. The Hall–Kier alpha value is -0.0900. The van der Waals surface area contributed by atoms with Crippen LogP contribution in [0.25, 0.3) is 0 Å². The lowest BCUT2D eigenvalue weighted by Gasteiger charge is -2.22. The first-order chi connectivity index (χ1) is 4.95. The minimum atomic E-state index is 0.841. The molecule has 0 bridgehead atoms. The number of hydrogen-bond acceptors (Lipinski definition) is 4. The number of nitrogens with zero attached hydrogens (tertiary/aromatic N) is 2. The SMILES string of the molecule is c1nnc(SC2CCC2)s1. The fourth-order valence-electron chi connectivity index (χ4n) is 0.846. The molecular weight excluding hydrogens is 164 g/mol. The van der Waals surface area contributed by atoms with Gasteiger partial charge >= 0.3 is 0 Å². The van der Waals surface area contributed by atoms with Crippen LogP contribution >= 0.6 is 23.1 Å². The van der Waals surface area contributed by atoms with Crippen LogP contribution in [0.4, 0.5) is 0 Å². The van der Waals surface area contributed by atoms with Crippen molar-refractivity contribution in [2.24, 2.45) is 0 Å². The average Bonchev–Trinajstić information content (AvgIpc) is 2.29. The van der Waals surface area contributed by atoms with E-state index in [1.165, 1.54) is 19.3 Å². The average molecular weight is 172 g/mol. The Morgan fingerprint density at radius 1 is 1.60 bits per heavy atom. The second-order valence-electron chi connectivity index (χ2n) is 2.38. The quantitative estimate of drug-likeness (QED) is 0.684. The zero-order valence-electron chi connectivity index (χ0n) is 5.49. The van der Waals surface area contributed by atoms with Gasteiger partial charge in [0.05, 0.1) is 0 Å². The number of thioether (sulfide) groups is 1. The predicted molar refractivity (Wildman–Crippen MR) is 43.4 cm³/mol. The van der Waals surface area contributed by atoms with Gasteiger partial charge in [0, 0.05) is 5.25 Å². The Morgan fingerprint density at radius 2 is 2.50 bits per heavy atom. The van der Waals surface area contributed by atoms with Crippen molar-refractivity contribution in [3.05, 3.63) is 5.51 Å². The van der Waals surface area contributed by atoms with E-state index in [9.17, 15) is 0 Å². The second kappa shape index (κ2) is 2.88. The molecule has 0 aromatic carbocycles. The standard InChI is InChI=1S/C6H8N2S2/c1-2-5(3-1)10-6-8-7-4-9-6/h4-5H,1-3H2. The molecule has 0 amide bonds. The molecule has 2 nitrogen and oxygen atoms in total. The number of rotatable bonds is 2. The summed E-state index contributed by atoms with van der Waals surface area (Å²) in [6, 6.07) is 0. The molecule has 54 valence electrons. The largest absolute Gasteiger partial charge is 0.174 e. The van der Waals surface area contributed by atoms with E-state index >= 15 is 0 Å². The molecule has 1 aromatic rings. The zero-order chi connectivity index (χ0) is 6.81. The molecule has 1 aliphatic rings. The van der Waals surface area contributed by atoms with Crippen molar-refractivity contribution < 1.29 is 0 Å². The lowest BCUT2D eigenvalue weighted by Crippen LogP contribution is -2.12. The summed E-state index contributed by atoms with van der Waals surface area (Å²) < 4.78 is 1.13. The van der Waals surface area contributed by atoms with Gasteiger partial charge in [0.1, 0.15) is 5.51 Å². The second-order valence-corrected chi connectivity index (χ2v) is 4.76. The molecule has 1 fully saturated rings. The molecule has 4 heteroatoms. The van der Waals surface area contributed by atoms with Gasteiger partial charge in [-0.1, -0.05) is 29.5 Å². The fourth-order valence-corrected chi connectivity index (χ4v) is 2.83. The van der Waals surface area contributed by atoms with E-state index in [0.29, 0.717) is 0 Å². The molecule has 0 unspecified atom stereocenters. The molecule has 0 N–H and O–H groups in total. The van der Waals surface area contributed by atoms with Gasteiger partial charge in [0.2, 0.25) is 0 Å². The van der Waals surface area contributed by atoms with Crippen LogP contribution in [0.3, 0.4) is 0 Å². The highest BCUT2D eigenvalue weighted by Crippen LogP contribution is 2.36. The summed E-state index contributed by atoms with van der Waals surface area (Å²) in [5, 5.41) is 8.59. The van der Waals surface area contributed by atoms with Gasteiger partial charge in [-0.3, -0.25) is 0 Å². The van der Waals surface area contributed by atoms with Crippen molar-refractivity contribution in [1.29, 1.82) is 0 Å².